The van der Waals surface area contributed by atoms with Crippen molar-refractivity contribution in [2.24, 2.45) is 0 Å². The molecule has 0 saturated carbocycles. The van der Waals surface area contributed by atoms with Crippen LogP contribution in [0.4, 0.5) is 5.95 Å². The molecule has 1 saturated heterocycles. The largest absolute Gasteiger partial charge is 0.341 e. The molecule has 0 N–H and O–H groups in total. The Bertz CT molecular complexity index is 1200. The topological polar surface area (TPSA) is 59.2 Å². The van der Waals surface area contributed by atoms with Gasteiger partial charge in [-0.25, -0.2) is 14.5 Å². The van der Waals surface area contributed by atoms with Gasteiger partial charge in [0.15, 0.2) is 11.3 Å². The molecule has 4 aromatic rings. The summed E-state index contributed by atoms with van der Waals surface area (Å²) in [6.07, 6.45) is 2.37. The van der Waals surface area contributed by atoms with E-state index in [-0.39, 0.29) is 0 Å². The zero-order chi connectivity index (χ0) is 20.1. The Morgan fingerprint density at radius 1 is 0.931 bits per heavy atom. The van der Waals surface area contributed by atoms with Gasteiger partial charge in [0.2, 0.25) is 5.95 Å². The van der Waals surface area contributed by atoms with Gasteiger partial charge in [-0.3, -0.25) is 0 Å². The first kappa shape index (κ1) is 18.0. The lowest BCUT2D eigenvalue weighted by atomic mass is 10.00. The third-order valence-corrected chi connectivity index (χ3v) is 5.77. The summed E-state index contributed by atoms with van der Waals surface area (Å²) in [5, 5.41) is 5.72. The first-order valence-corrected chi connectivity index (χ1v) is 10.4. The number of nitrogens with zero attached hydrogens (tertiary/aromatic N) is 6. The van der Waals surface area contributed by atoms with Crippen molar-refractivity contribution in [1.82, 2.24) is 24.6 Å². The van der Waals surface area contributed by atoms with E-state index in [1.165, 1.54) is 18.4 Å². The zero-order valence-corrected chi connectivity index (χ0v) is 17.5. The lowest BCUT2D eigenvalue weighted by Crippen LogP contribution is -2.20. The average molecular weight is 387 g/mol. The van der Waals surface area contributed by atoms with E-state index in [0.29, 0.717) is 11.6 Å². The number of fused-ring (bicyclic) bond motifs is 3. The first-order valence-electron chi connectivity index (χ1n) is 10.4. The maximum absolute atomic E-state index is 5.03. The molecule has 5 rings (SSSR count). The van der Waals surface area contributed by atoms with Crippen molar-refractivity contribution in [2.75, 3.05) is 18.0 Å². The van der Waals surface area contributed by atoms with Gasteiger partial charge in [-0.2, -0.15) is 4.98 Å². The standard InChI is InChI=1S/C23H26N6/c1-14(2)17-7-9-18(10-8-17)20-19-21(26-23(25-20)28-11-5-6-12-28)27-29-16(4)13-15(3)24-22(19)29/h7-10,13-14H,5-6,11-12H2,1-4H3. The van der Waals surface area contributed by atoms with Gasteiger partial charge in [0.05, 0.1) is 11.1 Å². The van der Waals surface area contributed by atoms with E-state index >= 15 is 0 Å². The molecule has 1 fully saturated rings. The Balaban J connectivity index is 1.80. The highest BCUT2D eigenvalue weighted by Crippen LogP contribution is 2.32. The van der Waals surface area contributed by atoms with Gasteiger partial charge in [-0.05, 0) is 44.2 Å². The van der Waals surface area contributed by atoms with Crippen molar-refractivity contribution in [3.8, 4) is 11.3 Å². The van der Waals surface area contributed by atoms with E-state index < -0.39 is 0 Å². The molecule has 0 bridgehead atoms. The number of rotatable bonds is 3. The van der Waals surface area contributed by atoms with Crippen LogP contribution in [0.1, 0.15) is 49.6 Å². The molecule has 3 aromatic heterocycles. The summed E-state index contributed by atoms with van der Waals surface area (Å²) >= 11 is 0. The van der Waals surface area contributed by atoms with E-state index in [9.17, 15) is 0 Å². The number of aromatic nitrogens is 5. The van der Waals surface area contributed by atoms with Crippen LogP contribution >= 0.6 is 0 Å². The summed E-state index contributed by atoms with van der Waals surface area (Å²) < 4.78 is 1.89. The fourth-order valence-electron chi connectivity index (χ4n) is 4.17. The predicted molar refractivity (Wildman–Crippen MR) is 117 cm³/mol. The third-order valence-electron chi connectivity index (χ3n) is 5.77. The number of aryl methyl sites for hydroxylation is 2. The fraction of sp³-hybridized carbons (Fsp3) is 0.391. The lowest BCUT2D eigenvalue weighted by molar-refractivity contribution is 0.867. The van der Waals surface area contributed by atoms with Gasteiger partial charge >= 0.3 is 0 Å². The van der Waals surface area contributed by atoms with Crippen molar-refractivity contribution in [2.45, 2.75) is 46.5 Å². The molecule has 148 valence electrons. The van der Waals surface area contributed by atoms with Crippen LogP contribution < -0.4 is 4.90 Å². The van der Waals surface area contributed by atoms with Gasteiger partial charge < -0.3 is 4.90 Å². The molecule has 6 nitrogen and oxygen atoms in total. The van der Waals surface area contributed by atoms with Crippen molar-refractivity contribution in [3.63, 3.8) is 0 Å². The number of hydrogen-bond donors (Lipinski definition) is 0. The summed E-state index contributed by atoms with van der Waals surface area (Å²) in [5.74, 6) is 1.27. The van der Waals surface area contributed by atoms with E-state index in [1.54, 1.807) is 0 Å². The second kappa shape index (κ2) is 6.79. The minimum absolute atomic E-state index is 0.499. The Morgan fingerprint density at radius 3 is 2.34 bits per heavy atom. The van der Waals surface area contributed by atoms with Crippen molar-refractivity contribution in [1.29, 1.82) is 0 Å². The number of anilines is 1. The van der Waals surface area contributed by atoms with E-state index in [4.69, 9.17) is 20.1 Å². The number of benzene rings is 1. The molecule has 0 spiro atoms. The van der Waals surface area contributed by atoms with Crippen LogP contribution in [0.25, 0.3) is 27.9 Å². The van der Waals surface area contributed by atoms with Crippen LogP contribution in [0.3, 0.4) is 0 Å². The molecule has 4 heterocycles. The fourth-order valence-corrected chi connectivity index (χ4v) is 4.17. The lowest BCUT2D eigenvalue weighted by Gasteiger charge is -2.16. The maximum Gasteiger partial charge on any atom is 0.228 e. The molecule has 0 amide bonds. The van der Waals surface area contributed by atoms with Gasteiger partial charge in [-0.15, -0.1) is 5.10 Å². The first-order chi connectivity index (χ1) is 14.0. The Hall–Kier alpha value is -3.02. The number of hydrogen-bond acceptors (Lipinski definition) is 5. The highest BCUT2D eigenvalue weighted by molar-refractivity contribution is 6.01. The smallest absolute Gasteiger partial charge is 0.228 e. The maximum atomic E-state index is 5.03. The molecule has 1 aromatic carbocycles. The molecule has 0 radical (unpaired) electrons. The summed E-state index contributed by atoms with van der Waals surface area (Å²) in [6.45, 7) is 10.5. The highest BCUT2D eigenvalue weighted by atomic mass is 15.3. The molecular formula is C23H26N6. The molecule has 0 atom stereocenters. The SMILES string of the molecule is Cc1cc(C)n2nc3nc(N4CCCC4)nc(-c4ccc(C(C)C)cc4)c3c2n1. The monoisotopic (exact) mass is 386 g/mol. The molecule has 1 aliphatic rings. The Labute approximate surface area is 170 Å². The van der Waals surface area contributed by atoms with E-state index in [2.05, 4.69) is 49.9 Å². The highest BCUT2D eigenvalue weighted by Gasteiger charge is 2.22. The van der Waals surface area contributed by atoms with Crippen molar-refractivity contribution < 1.29 is 0 Å². The van der Waals surface area contributed by atoms with Crippen LogP contribution in [0, 0.1) is 13.8 Å². The van der Waals surface area contributed by atoms with Gasteiger partial charge in [0.1, 0.15) is 0 Å². The Morgan fingerprint density at radius 2 is 1.66 bits per heavy atom. The summed E-state index contributed by atoms with van der Waals surface area (Å²) in [7, 11) is 0. The van der Waals surface area contributed by atoms with Gasteiger partial charge in [0, 0.05) is 30.0 Å². The van der Waals surface area contributed by atoms with Crippen molar-refractivity contribution >= 4 is 22.6 Å². The van der Waals surface area contributed by atoms with E-state index in [0.717, 1.165) is 52.7 Å². The third kappa shape index (κ3) is 3.03. The van der Waals surface area contributed by atoms with Gasteiger partial charge in [-0.1, -0.05) is 38.1 Å². The van der Waals surface area contributed by atoms with Crippen molar-refractivity contribution in [3.05, 3.63) is 47.3 Å². The Kier molecular flexibility index (Phi) is 4.23. The van der Waals surface area contributed by atoms with Crippen LogP contribution in [0.15, 0.2) is 30.3 Å². The normalized spacial score (nSPS) is 14.6. The van der Waals surface area contributed by atoms with E-state index in [1.807, 2.05) is 17.5 Å². The average Bonchev–Trinajstić information content (AvgIpc) is 3.35. The molecule has 0 unspecified atom stereocenters. The van der Waals surface area contributed by atoms with Crippen LogP contribution in [0.5, 0.6) is 0 Å². The molecule has 29 heavy (non-hydrogen) atoms. The van der Waals surface area contributed by atoms with Crippen LogP contribution in [0.2, 0.25) is 0 Å². The minimum atomic E-state index is 0.499. The summed E-state index contributed by atoms with van der Waals surface area (Å²) in [6, 6.07) is 10.8. The second-order valence-corrected chi connectivity index (χ2v) is 8.32. The quantitative estimate of drug-likeness (QED) is 0.512. The minimum Gasteiger partial charge on any atom is -0.341 e. The predicted octanol–water partition coefficient (Wildman–Crippen LogP) is 4.68. The molecular weight excluding hydrogens is 360 g/mol. The molecule has 1 aliphatic heterocycles. The summed E-state index contributed by atoms with van der Waals surface area (Å²) in [4.78, 5) is 16.9. The summed E-state index contributed by atoms with van der Waals surface area (Å²) in [5.41, 5.74) is 6.89. The second-order valence-electron chi connectivity index (χ2n) is 8.32. The van der Waals surface area contributed by atoms with Crippen LogP contribution in [-0.2, 0) is 0 Å². The molecule has 6 heteroatoms. The van der Waals surface area contributed by atoms with Crippen LogP contribution in [-0.4, -0.2) is 37.7 Å². The van der Waals surface area contributed by atoms with Gasteiger partial charge in [0.25, 0.3) is 0 Å². The molecule has 0 aliphatic carbocycles. The zero-order valence-electron chi connectivity index (χ0n) is 17.5.